The van der Waals surface area contributed by atoms with E-state index in [1.807, 2.05) is 0 Å². The maximum Gasteiger partial charge on any atom is 0.261 e. The van der Waals surface area contributed by atoms with Crippen LogP contribution in [0.4, 0.5) is 0 Å². The second kappa shape index (κ2) is 7.49. The van der Waals surface area contributed by atoms with Crippen LogP contribution in [0.3, 0.4) is 0 Å². The number of rotatable bonds is 5. The summed E-state index contributed by atoms with van der Waals surface area (Å²) in [7, 11) is 0. The minimum absolute atomic E-state index is 0.204. The van der Waals surface area contributed by atoms with Crippen molar-refractivity contribution in [2.24, 2.45) is 11.7 Å². The quantitative estimate of drug-likeness (QED) is 0.871. The van der Waals surface area contributed by atoms with E-state index in [1.54, 1.807) is 31.2 Å². The number of nitrogens with one attached hydrogen (secondary N) is 1. The third kappa shape index (κ3) is 4.37. The molecule has 3 atom stereocenters. The summed E-state index contributed by atoms with van der Waals surface area (Å²) in [6.45, 7) is 1.67. The van der Waals surface area contributed by atoms with Crippen LogP contribution in [0.25, 0.3) is 0 Å². The Hall–Kier alpha value is -1.75. The summed E-state index contributed by atoms with van der Waals surface area (Å²) in [5, 5.41) is 3.43. The molecule has 0 aliphatic heterocycles. The standard InChI is InChI=1S/C16H21ClN2O3/c1-10(22-12-6-4-5-11(17)9-12)16(21)19-14-8-3-2-7-13(14)15(18)20/h4-6,9-10,13-14H,2-3,7-8H2,1H3,(H2,18,20)(H,19,21)/t10-,13+,14-/m0/s1. The van der Waals surface area contributed by atoms with Crippen molar-refractivity contribution in [3.8, 4) is 5.75 Å². The van der Waals surface area contributed by atoms with Crippen molar-refractivity contribution in [1.29, 1.82) is 0 Å². The van der Waals surface area contributed by atoms with Crippen LogP contribution in [0.1, 0.15) is 32.6 Å². The number of benzene rings is 1. The van der Waals surface area contributed by atoms with Gasteiger partial charge in [-0.25, -0.2) is 0 Å². The van der Waals surface area contributed by atoms with Gasteiger partial charge in [0.15, 0.2) is 6.10 Å². The van der Waals surface area contributed by atoms with Gasteiger partial charge in [0.05, 0.1) is 5.92 Å². The summed E-state index contributed by atoms with van der Waals surface area (Å²) in [4.78, 5) is 23.7. The van der Waals surface area contributed by atoms with Crippen molar-refractivity contribution in [2.75, 3.05) is 0 Å². The van der Waals surface area contributed by atoms with E-state index in [1.165, 1.54) is 0 Å². The minimum atomic E-state index is -0.672. The Kier molecular flexibility index (Phi) is 5.66. The van der Waals surface area contributed by atoms with E-state index in [0.29, 0.717) is 10.8 Å². The molecule has 1 aromatic rings. The molecule has 6 heteroatoms. The molecule has 1 aromatic carbocycles. The highest BCUT2D eigenvalue weighted by atomic mass is 35.5. The van der Waals surface area contributed by atoms with E-state index in [9.17, 15) is 9.59 Å². The molecule has 0 spiro atoms. The normalized spacial score (nSPS) is 22.6. The Balaban J connectivity index is 1.94. The van der Waals surface area contributed by atoms with E-state index in [4.69, 9.17) is 22.1 Å². The molecule has 0 unspecified atom stereocenters. The second-order valence-electron chi connectivity index (χ2n) is 5.63. The summed E-state index contributed by atoms with van der Waals surface area (Å²) in [6.07, 6.45) is 2.77. The first-order valence-electron chi connectivity index (χ1n) is 7.49. The number of carbonyl (C=O) groups excluding carboxylic acids is 2. The lowest BCUT2D eigenvalue weighted by atomic mass is 9.84. The van der Waals surface area contributed by atoms with E-state index in [-0.39, 0.29) is 23.8 Å². The zero-order chi connectivity index (χ0) is 16.1. The van der Waals surface area contributed by atoms with Gasteiger partial charge < -0.3 is 15.8 Å². The molecule has 1 aliphatic rings. The molecule has 1 saturated carbocycles. The van der Waals surface area contributed by atoms with Crippen molar-refractivity contribution < 1.29 is 14.3 Å². The molecule has 1 aliphatic carbocycles. The van der Waals surface area contributed by atoms with Crippen LogP contribution in [0.5, 0.6) is 5.75 Å². The third-order valence-electron chi connectivity index (χ3n) is 3.94. The number of hydrogen-bond donors (Lipinski definition) is 2. The summed E-state index contributed by atoms with van der Waals surface area (Å²) in [5.41, 5.74) is 5.41. The van der Waals surface area contributed by atoms with Crippen molar-refractivity contribution >= 4 is 23.4 Å². The number of carbonyl (C=O) groups is 2. The number of halogens is 1. The average Bonchev–Trinajstić information content (AvgIpc) is 2.47. The highest BCUT2D eigenvalue weighted by molar-refractivity contribution is 6.30. The van der Waals surface area contributed by atoms with Gasteiger partial charge in [0.2, 0.25) is 5.91 Å². The molecule has 120 valence electrons. The number of amides is 2. The van der Waals surface area contributed by atoms with Crippen LogP contribution in [0, 0.1) is 5.92 Å². The second-order valence-corrected chi connectivity index (χ2v) is 6.06. The molecule has 5 nitrogen and oxygen atoms in total. The fourth-order valence-corrected chi connectivity index (χ4v) is 2.92. The number of nitrogens with two attached hydrogens (primary N) is 1. The maximum absolute atomic E-state index is 12.2. The molecule has 0 heterocycles. The molecule has 0 radical (unpaired) electrons. The monoisotopic (exact) mass is 324 g/mol. The molecule has 0 bridgehead atoms. The Bertz CT molecular complexity index is 550. The molecule has 0 aromatic heterocycles. The Morgan fingerprint density at radius 2 is 2.09 bits per heavy atom. The molecule has 3 N–H and O–H groups in total. The number of hydrogen-bond acceptors (Lipinski definition) is 3. The predicted molar refractivity (Wildman–Crippen MR) is 84.6 cm³/mol. The Morgan fingerprint density at radius 3 is 2.77 bits per heavy atom. The third-order valence-corrected chi connectivity index (χ3v) is 4.17. The Morgan fingerprint density at radius 1 is 1.36 bits per heavy atom. The van der Waals surface area contributed by atoms with Gasteiger partial charge >= 0.3 is 0 Å². The molecule has 1 fully saturated rings. The predicted octanol–water partition coefficient (Wildman–Crippen LogP) is 2.27. The maximum atomic E-state index is 12.2. The summed E-state index contributed by atoms with van der Waals surface area (Å²) < 4.78 is 5.58. The summed E-state index contributed by atoms with van der Waals surface area (Å²) in [5.74, 6) is -0.368. The van der Waals surface area contributed by atoms with Crippen molar-refractivity contribution in [1.82, 2.24) is 5.32 Å². The molecular formula is C16H21ClN2O3. The van der Waals surface area contributed by atoms with Gasteiger partial charge in [-0.1, -0.05) is 30.5 Å². The van der Waals surface area contributed by atoms with Gasteiger partial charge in [0.1, 0.15) is 5.75 Å². The first-order valence-corrected chi connectivity index (χ1v) is 7.87. The number of primary amides is 1. The summed E-state index contributed by atoms with van der Waals surface area (Å²) >= 11 is 5.89. The lowest BCUT2D eigenvalue weighted by Gasteiger charge is -2.30. The van der Waals surface area contributed by atoms with Crippen LogP contribution in [-0.2, 0) is 9.59 Å². The lowest BCUT2D eigenvalue weighted by Crippen LogP contribution is -2.50. The van der Waals surface area contributed by atoms with Gasteiger partial charge in [-0.2, -0.15) is 0 Å². The van der Waals surface area contributed by atoms with Crippen LogP contribution in [-0.4, -0.2) is 24.0 Å². The lowest BCUT2D eigenvalue weighted by molar-refractivity contribution is -0.130. The molecule has 22 heavy (non-hydrogen) atoms. The first-order chi connectivity index (χ1) is 10.5. The largest absolute Gasteiger partial charge is 0.481 e. The highest BCUT2D eigenvalue weighted by Crippen LogP contribution is 2.24. The smallest absolute Gasteiger partial charge is 0.261 e. The molecule has 2 amide bonds. The summed E-state index contributed by atoms with van der Waals surface area (Å²) in [6, 6.07) is 6.68. The average molecular weight is 325 g/mol. The zero-order valence-corrected chi connectivity index (χ0v) is 13.3. The van der Waals surface area contributed by atoms with Gasteiger partial charge in [0.25, 0.3) is 5.91 Å². The fraction of sp³-hybridized carbons (Fsp3) is 0.500. The van der Waals surface area contributed by atoms with Crippen molar-refractivity contribution in [3.63, 3.8) is 0 Å². The van der Waals surface area contributed by atoms with Crippen LogP contribution in [0.15, 0.2) is 24.3 Å². The van der Waals surface area contributed by atoms with E-state index in [0.717, 1.165) is 25.7 Å². The van der Waals surface area contributed by atoms with Gasteiger partial charge in [-0.15, -0.1) is 0 Å². The number of ether oxygens (including phenoxy) is 1. The first kappa shape index (κ1) is 16.6. The topological polar surface area (TPSA) is 81.4 Å². The molecule has 0 saturated heterocycles. The van der Waals surface area contributed by atoms with Crippen LogP contribution < -0.4 is 15.8 Å². The zero-order valence-electron chi connectivity index (χ0n) is 12.5. The SMILES string of the molecule is C[C@H](Oc1cccc(Cl)c1)C(=O)N[C@H]1CCCC[C@H]1C(N)=O. The van der Waals surface area contributed by atoms with Gasteiger partial charge in [-0.3, -0.25) is 9.59 Å². The van der Waals surface area contributed by atoms with Crippen molar-refractivity contribution in [2.45, 2.75) is 44.8 Å². The van der Waals surface area contributed by atoms with Crippen LogP contribution in [0.2, 0.25) is 5.02 Å². The Labute approximate surface area is 135 Å². The minimum Gasteiger partial charge on any atom is -0.481 e. The highest BCUT2D eigenvalue weighted by Gasteiger charge is 2.31. The van der Waals surface area contributed by atoms with Crippen LogP contribution >= 0.6 is 11.6 Å². The van der Waals surface area contributed by atoms with Gasteiger partial charge in [-0.05, 0) is 38.0 Å². The van der Waals surface area contributed by atoms with E-state index >= 15 is 0 Å². The van der Waals surface area contributed by atoms with Crippen molar-refractivity contribution in [3.05, 3.63) is 29.3 Å². The molecule has 2 rings (SSSR count). The van der Waals surface area contributed by atoms with E-state index < -0.39 is 6.10 Å². The molecular weight excluding hydrogens is 304 g/mol. The van der Waals surface area contributed by atoms with Gasteiger partial charge in [0, 0.05) is 11.1 Å². The fourth-order valence-electron chi connectivity index (χ4n) is 2.74. The van der Waals surface area contributed by atoms with E-state index in [2.05, 4.69) is 5.32 Å².